The molecule has 2 fully saturated rings. The number of amides is 1. The van der Waals surface area contributed by atoms with E-state index >= 15 is 0 Å². The van der Waals surface area contributed by atoms with E-state index in [0.717, 1.165) is 42.9 Å². The molecule has 1 aromatic carbocycles. The van der Waals surface area contributed by atoms with E-state index in [-0.39, 0.29) is 34.5 Å². The molecular formula is C28H31F4N7O3S. The van der Waals surface area contributed by atoms with Gasteiger partial charge in [-0.3, -0.25) is 24.7 Å². The van der Waals surface area contributed by atoms with Crippen LogP contribution in [0, 0.1) is 5.82 Å². The number of carbonyl (C=O) groups excluding carboxylic acids is 1. The largest absolute Gasteiger partial charge is 0.481 e. The van der Waals surface area contributed by atoms with Crippen molar-refractivity contribution in [3.05, 3.63) is 52.5 Å². The number of rotatable bonds is 9. The lowest BCUT2D eigenvalue weighted by Gasteiger charge is -2.34. The molecule has 3 aromatic rings. The Morgan fingerprint density at radius 2 is 1.88 bits per heavy atom. The highest BCUT2D eigenvalue weighted by atomic mass is 32.1. The SMILES string of the molecule is CC1CCCN1Cc1sc(NC(=O)c2cnc(N3CCN(CCC(=O)O)CC3)cn2)nc1-c1ccc(F)c(C(F)(F)F)c1. The smallest absolute Gasteiger partial charge is 0.419 e. The number of halogens is 4. The summed E-state index contributed by atoms with van der Waals surface area (Å²) in [6, 6.07) is 3.08. The fourth-order valence-corrected chi connectivity index (χ4v) is 6.26. The number of hydrogen-bond donors (Lipinski definition) is 2. The molecule has 4 heterocycles. The van der Waals surface area contributed by atoms with Gasteiger partial charge in [0.1, 0.15) is 17.3 Å². The molecule has 43 heavy (non-hydrogen) atoms. The highest BCUT2D eigenvalue weighted by molar-refractivity contribution is 7.16. The lowest BCUT2D eigenvalue weighted by molar-refractivity contribution is -0.140. The van der Waals surface area contributed by atoms with Crippen LogP contribution in [-0.2, 0) is 17.5 Å². The topological polar surface area (TPSA) is 115 Å². The average molecular weight is 622 g/mol. The van der Waals surface area contributed by atoms with Gasteiger partial charge in [0.05, 0.1) is 30.1 Å². The Morgan fingerprint density at radius 1 is 1.12 bits per heavy atom. The van der Waals surface area contributed by atoms with E-state index in [1.54, 1.807) is 0 Å². The van der Waals surface area contributed by atoms with Crippen molar-refractivity contribution in [1.82, 2.24) is 24.8 Å². The fraction of sp³-hybridized carbons (Fsp3) is 0.464. The van der Waals surface area contributed by atoms with Crippen LogP contribution in [0.5, 0.6) is 0 Å². The summed E-state index contributed by atoms with van der Waals surface area (Å²) in [6.07, 6.45) is 0.0618. The molecule has 1 amide bonds. The highest BCUT2D eigenvalue weighted by Crippen LogP contribution is 2.38. The van der Waals surface area contributed by atoms with Crippen molar-refractivity contribution >= 4 is 34.2 Å². The maximum atomic E-state index is 14.0. The predicted molar refractivity (Wildman–Crippen MR) is 153 cm³/mol. The standard InChI is InChI=1S/C28H31F4N7O3S/c1-17-3-2-7-39(17)16-22-25(18-4-5-20(29)19(13-18)28(30,31)32)35-27(43-22)36-26(42)21-14-34-23(15-33-21)38-11-9-37(10-12-38)8-6-24(40)41/h4-5,13-15,17H,2-3,6-12,16H2,1H3,(H,40,41)(H,35,36,42). The van der Waals surface area contributed by atoms with Crippen LogP contribution in [-0.4, -0.2) is 87.0 Å². The molecule has 2 aliphatic heterocycles. The van der Waals surface area contributed by atoms with Crippen molar-refractivity contribution in [3.63, 3.8) is 0 Å². The number of benzene rings is 1. The molecule has 0 spiro atoms. The van der Waals surface area contributed by atoms with Gasteiger partial charge in [-0.2, -0.15) is 13.2 Å². The quantitative estimate of drug-likeness (QED) is 0.331. The summed E-state index contributed by atoms with van der Waals surface area (Å²) in [4.78, 5) is 43.9. The van der Waals surface area contributed by atoms with E-state index in [1.807, 2.05) is 4.90 Å². The van der Waals surface area contributed by atoms with Gasteiger partial charge < -0.3 is 10.0 Å². The summed E-state index contributed by atoms with van der Waals surface area (Å²) in [5.41, 5.74) is -0.967. The molecule has 1 atom stereocenters. The van der Waals surface area contributed by atoms with Gasteiger partial charge in [-0.1, -0.05) is 11.3 Å². The zero-order valence-corrected chi connectivity index (χ0v) is 24.2. The van der Waals surface area contributed by atoms with Gasteiger partial charge in [-0.25, -0.2) is 19.3 Å². The number of alkyl halides is 3. The monoisotopic (exact) mass is 621 g/mol. The fourth-order valence-electron chi connectivity index (χ4n) is 5.26. The molecule has 0 radical (unpaired) electrons. The minimum Gasteiger partial charge on any atom is -0.481 e. The van der Waals surface area contributed by atoms with Crippen molar-refractivity contribution < 1.29 is 32.3 Å². The third-order valence-electron chi connectivity index (χ3n) is 7.71. The first-order chi connectivity index (χ1) is 20.5. The van der Waals surface area contributed by atoms with Crippen molar-refractivity contribution in [2.45, 2.75) is 44.9 Å². The van der Waals surface area contributed by atoms with Crippen molar-refractivity contribution in [2.75, 3.05) is 49.5 Å². The van der Waals surface area contributed by atoms with Gasteiger partial charge in [0.15, 0.2) is 5.13 Å². The Labute approximate surface area is 249 Å². The van der Waals surface area contributed by atoms with Crippen LogP contribution < -0.4 is 10.2 Å². The summed E-state index contributed by atoms with van der Waals surface area (Å²) in [6.45, 7) is 6.46. The first-order valence-electron chi connectivity index (χ1n) is 13.9. The Hall–Kier alpha value is -3.69. The number of likely N-dealkylation sites (tertiary alicyclic amines) is 1. The van der Waals surface area contributed by atoms with Crippen molar-refractivity contribution in [2.24, 2.45) is 0 Å². The van der Waals surface area contributed by atoms with Crippen molar-refractivity contribution in [3.8, 4) is 11.3 Å². The first-order valence-corrected chi connectivity index (χ1v) is 14.7. The van der Waals surface area contributed by atoms with Crippen LogP contribution in [0.2, 0.25) is 0 Å². The Bertz CT molecular complexity index is 1460. The van der Waals surface area contributed by atoms with Gasteiger partial charge in [-0.15, -0.1) is 0 Å². The number of nitrogens with zero attached hydrogens (tertiary/aromatic N) is 6. The number of aliphatic carboxylic acids is 1. The minimum atomic E-state index is -4.87. The van der Waals surface area contributed by atoms with Crippen LogP contribution in [0.4, 0.5) is 28.5 Å². The second kappa shape index (κ2) is 12.9. The molecule has 2 aliphatic rings. The number of hydrogen-bond acceptors (Lipinski definition) is 9. The van der Waals surface area contributed by atoms with Gasteiger partial charge >= 0.3 is 12.1 Å². The molecule has 0 aliphatic carbocycles. The molecule has 230 valence electrons. The summed E-state index contributed by atoms with van der Waals surface area (Å²) in [7, 11) is 0. The molecule has 2 N–H and O–H groups in total. The van der Waals surface area contributed by atoms with Crippen molar-refractivity contribution in [1.29, 1.82) is 0 Å². The molecule has 0 saturated carbocycles. The molecule has 10 nitrogen and oxygen atoms in total. The third-order valence-corrected chi connectivity index (χ3v) is 8.66. The molecule has 0 bridgehead atoms. The van der Waals surface area contributed by atoms with E-state index in [2.05, 4.69) is 37.0 Å². The first kappa shape index (κ1) is 30.8. The number of piperazine rings is 1. The number of aromatic nitrogens is 3. The number of carboxylic acids is 1. The average Bonchev–Trinajstić information content (AvgIpc) is 3.57. The van der Waals surface area contributed by atoms with Crippen LogP contribution >= 0.6 is 11.3 Å². The molecule has 2 aromatic heterocycles. The lowest BCUT2D eigenvalue weighted by Crippen LogP contribution is -2.47. The summed E-state index contributed by atoms with van der Waals surface area (Å²) < 4.78 is 54.4. The maximum Gasteiger partial charge on any atom is 0.419 e. The summed E-state index contributed by atoms with van der Waals surface area (Å²) in [5, 5.41) is 11.7. The number of carbonyl (C=O) groups is 2. The lowest BCUT2D eigenvalue weighted by atomic mass is 10.1. The second-order valence-corrected chi connectivity index (χ2v) is 11.7. The number of thiazole rings is 1. The number of nitrogens with one attached hydrogen (secondary N) is 1. The zero-order valence-electron chi connectivity index (χ0n) is 23.4. The van der Waals surface area contributed by atoms with E-state index in [0.29, 0.717) is 50.0 Å². The van der Waals surface area contributed by atoms with E-state index in [9.17, 15) is 27.2 Å². The van der Waals surface area contributed by atoms with Gasteiger partial charge in [0, 0.05) is 55.8 Å². The Kier molecular flexibility index (Phi) is 9.22. The zero-order chi connectivity index (χ0) is 30.7. The van der Waals surface area contributed by atoms with Crippen LogP contribution in [0.25, 0.3) is 11.3 Å². The number of anilines is 2. The predicted octanol–water partition coefficient (Wildman–Crippen LogP) is 4.59. The minimum absolute atomic E-state index is 0.0384. The maximum absolute atomic E-state index is 14.0. The normalized spacial score (nSPS) is 18.3. The molecule has 1 unspecified atom stereocenters. The second-order valence-electron chi connectivity index (χ2n) is 10.6. The van der Waals surface area contributed by atoms with E-state index in [4.69, 9.17) is 5.11 Å². The Morgan fingerprint density at radius 3 is 2.51 bits per heavy atom. The molecular weight excluding hydrogens is 590 g/mol. The Balaban J connectivity index is 1.31. The van der Waals surface area contributed by atoms with Crippen LogP contribution in [0.3, 0.4) is 0 Å². The third kappa shape index (κ3) is 7.46. The molecule has 15 heteroatoms. The van der Waals surface area contributed by atoms with Gasteiger partial charge in [0.25, 0.3) is 5.91 Å². The summed E-state index contributed by atoms with van der Waals surface area (Å²) in [5.74, 6) is -2.19. The number of carboxylic acid groups (broad SMARTS) is 1. The van der Waals surface area contributed by atoms with Gasteiger partial charge in [-0.05, 0) is 44.5 Å². The van der Waals surface area contributed by atoms with Gasteiger partial charge in [0.2, 0.25) is 0 Å². The highest BCUT2D eigenvalue weighted by Gasteiger charge is 2.35. The molecule has 5 rings (SSSR count). The molecule has 2 saturated heterocycles. The summed E-state index contributed by atoms with van der Waals surface area (Å²) >= 11 is 1.16. The van der Waals surface area contributed by atoms with E-state index < -0.39 is 29.4 Å². The van der Waals surface area contributed by atoms with Crippen LogP contribution in [0.1, 0.15) is 47.1 Å². The van der Waals surface area contributed by atoms with Crippen LogP contribution in [0.15, 0.2) is 30.6 Å². The van der Waals surface area contributed by atoms with E-state index in [1.165, 1.54) is 18.5 Å².